The number of aromatic amines is 1. The molecule has 2 aromatic carbocycles. The van der Waals surface area contributed by atoms with Crippen LogP contribution in [0.3, 0.4) is 0 Å². The summed E-state index contributed by atoms with van der Waals surface area (Å²) in [6, 6.07) is 11.5. The number of hydrogen-bond acceptors (Lipinski definition) is 7. The van der Waals surface area contributed by atoms with E-state index in [2.05, 4.69) is 20.9 Å². The Kier molecular flexibility index (Phi) is 12.9. The number of aliphatic carboxylic acids is 2. The van der Waals surface area contributed by atoms with Crippen LogP contribution in [-0.2, 0) is 36.8 Å². The van der Waals surface area contributed by atoms with Crippen molar-refractivity contribution in [2.24, 2.45) is 11.5 Å². The minimum absolute atomic E-state index is 0.0248. The molecule has 1 aromatic heterocycles. The van der Waals surface area contributed by atoms with E-state index in [1.54, 1.807) is 36.5 Å². The van der Waals surface area contributed by atoms with Crippen LogP contribution in [-0.4, -0.2) is 75.6 Å². The van der Waals surface area contributed by atoms with Crippen molar-refractivity contribution >= 4 is 40.6 Å². The molecule has 4 unspecified atom stereocenters. The minimum Gasteiger partial charge on any atom is -0.481 e. The Labute approximate surface area is 254 Å². The molecule has 0 saturated heterocycles. The van der Waals surface area contributed by atoms with Gasteiger partial charge in [-0.15, -0.1) is 0 Å². The number of fused-ring (bicyclic) bond motifs is 1. The highest BCUT2D eigenvalue weighted by Gasteiger charge is 2.30. The molecule has 3 aromatic rings. The summed E-state index contributed by atoms with van der Waals surface area (Å²) in [6.45, 7) is 0.347. The number of carbonyl (C=O) groups is 5. The van der Waals surface area contributed by atoms with Crippen molar-refractivity contribution in [1.29, 1.82) is 0 Å². The van der Waals surface area contributed by atoms with Crippen LogP contribution in [0.5, 0.6) is 0 Å². The van der Waals surface area contributed by atoms with Crippen molar-refractivity contribution in [2.45, 2.75) is 69.1 Å². The fraction of sp³-hybridized carbons (Fsp3) is 0.387. The molecule has 0 radical (unpaired) electrons. The summed E-state index contributed by atoms with van der Waals surface area (Å²) in [6.07, 6.45) is 2.39. The Morgan fingerprint density at radius 3 is 2.02 bits per heavy atom. The molecule has 0 saturated carbocycles. The SMILES string of the molecule is NCCCCC(NC(=O)C(CCC(=O)O)NC(=O)C(N)Cc1c[nH]c2ccccc12)C(=O)NC(Cc1ccccc1)C(=O)O. The van der Waals surface area contributed by atoms with Gasteiger partial charge in [-0.2, -0.15) is 0 Å². The van der Waals surface area contributed by atoms with Crippen LogP contribution in [0.2, 0.25) is 0 Å². The highest BCUT2D eigenvalue weighted by Crippen LogP contribution is 2.19. The summed E-state index contributed by atoms with van der Waals surface area (Å²) in [5.41, 5.74) is 14.1. The van der Waals surface area contributed by atoms with Crippen LogP contribution in [0, 0.1) is 0 Å². The van der Waals surface area contributed by atoms with Crippen LogP contribution >= 0.6 is 0 Å². The highest BCUT2D eigenvalue weighted by molar-refractivity contribution is 5.94. The molecule has 10 N–H and O–H groups in total. The number of nitrogens with one attached hydrogen (secondary N) is 4. The lowest BCUT2D eigenvalue weighted by Crippen LogP contribution is -2.57. The predicted molar refractivity (Wildman–Crippen MR) is 163 cm³/mol. The molecule has 0 fully saturated rings. The Hall–Kier alpha value is -4.75. The van der Waals surface area contributed by atoms with E-state index in [1.165, 1.54) is 0 Å². The topological polar surface area (TPSA) is 230 Å². The number of H-pyrrole nitrogens is 1. The maximum absolute atomic E-state index is 13.4. The smallest absolute Gasteiger partial charge is 0.326 e. The van der Waals surface area contributed by atoms with Gasteiger partial charge in [0.15, 0.2) is 0 Å². The third kappa shape index (κ3) is 10.2. The summed E-state index contributed by atoms with van der Waals surface area (Å²) in [7, 11) is 0. The van der Waals surface area contributed by atoms with E-state index in [0.717, 1.165) is 16.5 Å². The number of aromatic nitrogens is 1. The first-order valence-electron chi connectivity index (χ1n) is 14.5. The zero-order chi connectivity index (χ0) is 32.1. The average molecular weight is 609 g/mol. The lowest BCUT2D eigenvalue weighted by Gasteiger charge is -2.25. The summed E-state index contributed by atoms with van der Waals surface area (Å²) in [5.74, 6) is -4.61. The number of hydrogen-bond donors (Lipinski definition) is 8. The van der Waals surface area contributed by atoms with Gasteiger partial charge in [0.25, 0.3) is 0 Å². The fourth-order valence-electron chi connectivity index (χ4n) is 4.80. The highest BCUT2D eigenvalue weighted by atomic mass is 16.4. The van der Waals surface area contributed by atoms with Gasteiger partial charge >= 0.3 is 11.9 Å². The largest absolute Gasteiger partial charge is 0.481 e. The number of benzene rings is 2. The van der Waals surface area contributed by atoms with E-state index >= 15 is 0 Å². The quantitative estimate of drug-likeness (QED) is 0.0954. The van der Waals surface area contributed by atoms with Gasteiger partial charge in [0, 0.05) is 29.9 Å². The normalized spacial score (nSPS) is 13.8. The third-order valence-electron chi connectivity index (χ3n) is 7.21. The Bertz CT molecular complexity index is 1430. The minimum atomic E-state index is -1.31. The van der Waals surface area contributed by atoms with Crippen molar-refractivity contribution in [2.75, 3.05) is 6.54 Å². The van der Waals surface area contributed by atoms with Gasteiger partial charge in [0.2, 0.25) is 17.7 Å². The van der Waals surface area contributed by atoms with Gasteiger partial charge in [-0.05, 0) is 55.8 Å². The molecule has 0 aliphatic heterocycles. The molecule has 1 heterocycles. The first kappa shape index (κ1) is 33.7. The first-order chi connectivity index (χ1) is 21.1. The van der Waals surface area contributed by atoms with E-state index in [9.17, 15) is 34.2 Å². The molecule has 3 rings (SSSR count). The summed E-state index contributed by atoms with van der Waals surface area (Å²) >= 11 is 0. The Morgan fingerprint density at radius 1 is 0.750 bits per heavy atom. The van der Waals surface area contributed by atoms with Crippen LogP contribution in [0.25, 0.3) is 10.9 Å². The molecule has 4 atom stereocenters. The van der Waals surface area contributed by atoms with Gasteiger partial charge in [0.1, 0.15) is 18.1 Å². The van der Waals surface area contributed by atoms with Crippen LogP contribution < -0.4 is 27.4 Å². The number of rotatable bonds is 18. The van der Waals surface area contributed by atoms with Crippen molar-refractivity contribution in [3.8, 4) is 0 Å². The Balaban J connectivity index is 1.71. The molecule has 236 valence electrons. The number of nitrogens with two attached hydrogens (primary N) is 2. The molecule has 0 spiro atoms. The van der Waals surface area contributed by atoms with Gasteiger partial charge in [-0.25, -0.2) is 4.79 Å². The van der Waals surface area contributed by atoms with Crippen LogP contribution in [0.4, 0.5) is 0 Å². The molecule has 13 heteroatoms. The Morgan fingerprint density at radius 2 is 1.36 bits per heavy atom. The summed E-state index contributed by atoms with van der Waals surface area (Å²) in [4.78, 5) is 66.1. The molecule has 3 amide bonds. The zero-order valence-corrected chi connectivity index (χ0v) is 24.3. The predicted octanol–water partition coefficient (Wildman–Crippen LogP) is 0.813. The monoisotopic (exact) mass is 608 g/mol. The summed E-state index contributed by atoms with van der Waals surface area (Å²) in [5, 5.41) is 27.5. The molecule has 0 aliphatic carbocycles. The molecular weight excluding hydrogens is 568 g/mol. The number of amides is 3. The van der Waals surface area contributed by atoms with Crippen LogP contribution in [0.1, 0.15) is 43.2 Å². The van der Waals surface area contributed by atoms with E-state index in [0.29, 0.717) is 24.9 Å². The molecule has 0 aliphatic rings. The maximum atomic E-state index is 13.4. The second-order valence-corrected chi connectivity index (χ2v) is 10.6. The van der Waals surface area contributed by atoms with Crippen molar-refractivity contribution < 1.29 is 34.2 Å². The van der Waals surface area contributed by atoms with Crippen molar-refractivity contribution in [1.82, 2.24) is 20.9 Å². The third-order valence-corrected chi connectivity index (χ3v) is 7.21. The van der Waals surface area contributed by atoms with Crippen molar-refractivity contribution in [3.05, 3.63) is 71.9 Å². The number of carboxylic acid groups (broad SMARTS) is 2. The first-order valence-corrected chi connectivity index (χ1v) is 14.5. The molecule has 13 nitrogen and oxygen atoms in total. The van der Waals surface area contributed by atoms with Gasteiger partial charge in [-0.3, -0.25) is 19.2 Å². The van der Waals surface area contributed by atoms with Gasteiger partial charge < -0.3 is 42.6 Å². The van der Waals surface area contributed by atoms with Crippen LogP contribution in [0.15, 0.2) is 60.8 Å². The number of carbonyl (C=O) groups excluding carboxylic acids is 3. The van der Waals surface area contributed by atoms with Gasteiger partial charge in [0.05, 0.1) is 6.04 Å². The number of para-hydroxylation sites is 1. The van der Waals surface area contributed by atoms with E-state index in [-0.39, 0.29) is 25.7 Å². The number of carboxylic acids is 2. The van der Waals surface area contributed by atoms with Gasteiger partial charge in [-0.1, -0.05) is 48.5 Å². The second kappa shape index (κ2) is 16.8. The van der Waals surface area contributed by atoms with E-state index in [4.69, 9.17) is 11.5 Å². The summed E-state index contributed by atoms with van der Waals surface area (Å²) < 4.78 is 0. The lowest BCUT2D eigenvalue weighted by molar-refractivity contribution is -0.142. The molecule has 0 bridgehead atoms. The maximum Gasteiger partial charge on any atom is 0.326 e. The van der Waals surface area contributed by atoms with Crippen molar-refractivity contribution in [3.63, 3.8) is 0 Å². The second-order valence-electron chi connectivity index (χ2n) is 10.6. The van der Waals surface area contributed by atoms with E-state index < -0.39 is 60.2 Å². The average Bonchev–Trinajstić information content (AvgIpc) is 3.41. The molecular formula is C31H40N6O7. The number of unbranched alkanes of at least 4 members (excludes halogenated alkanes) is 1. The van der Waals surface area contributed by atoms with E-state index in [1.807, 2.05) is 24.3 Å². The molecule has 44 heavy (non-hydrogen) atoms. The standard InChI is InChI=1S/C31H40N6O7/c32-15-7-6-12-24(29(41)37-26(31(43)44)16-19-8-2-1-3-9-19)36-30(42)25(13-14-27(38)39)35-28(40)22(33)17-20-18-34-23-11-5-4-10-21(20)23/h1-5,8-11,18,22,24-26,34H,6-7,12-17,32-33H2,(H,35,40)(H,36,42)(H,37,41)(H,38,39)(H,43,44). The zero-order valence-electron chi connectivity index (χ0n) is 24.3. The lowest BCUT2D eigenvalue weighted by atomic mass is 10.0. The fourth-order valence-corrected chi connectivity index (χ4v) is 4.80.